The number of rotatable bonds is 6. The molecule has 2 aromatic carbocycles. The summed E-state index contributed by atoms with van der Waals surface area (Å²) in [5, 5.41) is 9.66. The summed E-state index contributed by atoms with van der Waals surface area (Å²) >= 11 is 0. The van der Waals surface area contributed by atoms with E-state index in [0.29, 0.717) is 24.9 Å². The predicted octanol–water partition coefficient (Wildman–Crippen LogP) is 6.24. The molecule has 2 atom stereocenters. The summed E-state index contributed by atoms with van der Waals surface area (Å²) in [5.41, 5.74) is 2.62. The van der Waals surface area contributed by atoms with Crippen LogP contribution in [0.3, 0.4) is 0 Å². The van der Waals surface area contributed by atoms with E-state index >= 15 is 0 Å². The molecule has 0 N–H and O–H groups in total. The minimum atomic E-state index is -1.01. The Bertz CT molecular complexity index is 1420. The van der Waals surface area contributed by atoms with Crippen LogP contribution in [0.1, 0.15) is 56.3 Å². The van der Waals surface area contributed by atoms with Gasteiger partial charge in [-0.05, 0) is 73.7 Å². The first-order valence-electron chi connectivity index (χ1n) is 12.4. The largest absolute Gasteiger partial charge is 0.438 e. The number of carbonyl (C=O) groups is 1. The van der Waals surface area contributed by atoms with Crippen LogP contribution in [-0.2, 0) is 17.4 Å². The van der Waals surface area contributed by atoms with Crippen LogP contribution in [0.2, 0.25) is 0 Å². The lowest BCUT2D eigenvalue weighted by molar-refractivity contribution is -0.0771. The Morgan fingerprint density at radius 3 is 2.43 bits per heavy atom. The van der Waals surface area contributed by atoms with E-state index in [1.807, 2.05) is 52.0 Å². The summed E-state index contributed by atoms with van der Waals surface area (Å²) < 4.78 is 21.3. The zero-order chi connectivity index (χ0) is 27.0. The summed E-state index contributed by atoms with van der Waals surface area (Å²) in [6, 6.07) is 17.5. The number of aryl methyl sites for hydroxylation is 2. The second kappa shape index (κ2) is 9.85. The van der Waals surface area contributed by atoms with Crippen molar-refractivity contribution in [1.82, 2.24) is 9.47 Å². The van der Waals surface area contributed by atoms with Gasteiger partial charge in [-0.1, -0.05) is 30.3 Å². The third-order valence-corrected chi connectivity index (χ3v) is 7.29. The molecule has 7 heteroatoms. The topological polar surface area (TPSA) is 75.3 Å². The zero-order valence-electron chi connectivity index (χ0n) is 21.9. The average Bonchev–Trinajstić information content (AvgIpc) is 2.85. The molecule has 4 rings (SSSR count). The molecule has 3 aromatic rings. The van der Waals surface area contributed by atoms with E-state index < -0.39 is 17.1 Å². The van der Waals surface area contributed by atoms with E-state index in [-0.39, 0.29) is 17.4 Å². The number of halogens is 1. The van der Waals surface area contributed by atoms with Crippen molar-refractivity contribution in [3.05, 3.63) is 93.7 Å². The molecule has 192 valence electrons. The maximum absolute atomic E-state index is 13.6. The molecule has 1 saturated heterocycles. The predicted molar refractivity (Wildman–Crippen MR) is 140 cm³/mol. The highest BCUT2D eigenvalue weighted by Crippen LogP contribution is 2.44. The first kappa shape index (κ1) is 26.2. The summed E-state index contributed by atoms with van der Waals surface area (Å²) in [5.74, 6) is -0.370. The average molecular weight is 502 g/mol. The Morgan fingerprint density at radius 2 is 1.84 bits per heavy atom. The van der Waals surface area contributed by atoms with Gasteiger partial charge in [-0.25, -0.2) is 9.18 Å². The molecule has 1 fully saturated rings. The van der Waals surface area contributed by atoms with Gasteiger partial charge < -0.3 is 14.2 Å². The minimum Gasteiger partial charge on any atom is -0.438 e. The van der Waals surface area contributed by atoms with Crippen molar-refractivity contribution >= 4 is 6.09 Å². The molecule has 0 spiro atoms. The van der Waals surface area contributed by atoms with Crippen LogP contribution in [0.25, 0.3) is 11.1 Å². The van der Waals surface area contributed by atoms with E-state index in [4.69, 9.17) is 4.74 Å². The van der Waals surface area contributed by atoms with Crippen LogP contribution >= 0.6 is 0 Å². The number of benzene rings is 2. The highest BCUT2D eigenvalue weighted by Gasteiger charge is 2.46. The maximum Gasteiger partial charge on any atom is 0.411 e. The SMILES string of the molecule is Cc1cc(C(C)N2CCC(CC(C)(C)C#N)(c3ccc(F)cc3)OC2=O)ccc1-c1ccn(C)c(=O)c1. The normalized spacial score (nSPS) is 18.7. The van der Waals surface area contributed by atoms with Gasteiger partial charge in [-0.3, -0.25) is 4.79 Å². The third kappa shape index (κ3) is 5.29. The maximum atomic E-state index is 13.6. The van der Waals surface area contributed by atoms with Crippen LogP contribution in [0.15, 0.2) is 65.6 Å². The van der Waals surface area contributed by atoms with E-state index in [0.717, 1.165) is 22.3 Å². The fourth-order valence-corrected chi connectivity index (χ4v) is 5.12. The van der Waals surface area contributed by atoms with Crippen molar-refractivity contribution in [3.8, 4) is 17.2 Å². The van der Waals surface area contributed by atoms with Gasteiger partial charge in [-0.15, -0.1) is 0 Å². The first-order chi connectivity index (χ1) is 17.4. The van der Waals surface area contributed by atoms with Crippen molar-refractivity contribution in [1.29, 1.82) is 5.26 Å². The van der Waals surface area contributed by atoms with Gasteiger partial charge in [0.05, 0.1) is 17.5 Å². The van der Waals surface area contributed by atoms with Gasteiger partial charge >= 0.3 is 6.09 Å². The Kier molecular flexibility index (Phi) is 6.96. The van der Waals surface area contributed by atoms with Crippen molar-refractivity contribution in [2.45, 2.75) is 52.2 Å². The Morgan fingerprint density at radius 1 is 1.14 bits per heavy atom. The number of aromatic nitrogens is 1. The van der Waals surface area contributed by atoms with Crippen LogP contribution in [0.4, 0.5) is 9.18 Å². The molecule has 2 heterocycles. The number of amides is 1. The van der Waals surface area contributed by atoms with Gasteiger partial charge in [0.25, 0.3) is 5.56 Å². The Labute approximate surface area is 216 Å². The van der Waals surface area contributed by atoms with E-state index in [1.165, 1.54) is 16.7 Å². The van der Waals surface area contributed by atoms with Gasteiger partial charge in [0.15, 0.2) is 0 Å². The fourth-order valence-electron chi connectivity index (χ4n) is 5.12. The smallest absolute Gasteiger partial charge is 0.411 e. The molecule has 0 bridgehead atoms. The molecule has 37 heavy (non-hydrogen) atoms. The summed E-state index contributed by atoms with van der Waals surface area (Å²) in [7, 11) is 1.72. The highest BCUT2D eigenvalue weighted by atomic mass is 19.1. The van der Waals surface area contributed by atoms with Crippen molar-refractivity contribution in [2.24, 2.45) is 12.5 Å². The second-order valence-corrected chi connectivity index (χ2v) is 10.6. The summed E-state index contributed by atoms with van der Waals surface area (Å²) in [6.45, 7) is 8.00. The van der Waals surface area contributed by atoms with Crippen molar-refractivity contribution < 1.29 is 13.9 Å². The van der Waals surface area contributed by atoms with Crippen LogP contribution in [0, 0.1) is 29.5 Å². The number of pyridine rings is 1. The van der Waals surface area contributed by atoms with Crippen LogP contribution < -0.4 is 5.56 Å². The van der Waals surface area contributed by atoms with E-state index in [1.54, 1.807) is 36.3 Å². The molecule has 0 aliphatic carbocycles. The number of cyclic esters (lactones) is 1. The molecule has 1 amide bonds. The van der Waals surface area contributed by atoms with Gasteiger partial charge in [-0.2, -0.15) is 5.26 Å². The molecular formula is C30H32FN3O3. The van der Waals surface area contributed by atoms with E-state index in [9.17, 15) is 19.2 Å². The number of hydrogen-bond donors (Lipinski definition) is 0. The quantitative estimate of drug-likeness (QED) is 0.401. The molecule has 6 nitrogen and oxygen atoms in total. The van der Waals surface area contributed by atoms with Crippen LogP contribution in [-0.4, -0.2) is 22.1 Å². The molecule has 1 aliphatic rings. The van der Waals surface area contributed by atoms with Crippen LogP contribution in [0.5, 0.6) is 0 Å². The van der Waals surface area contributed by atoms with Gasteiger partial charge in [0.2, 0.25) is 0 Å². The lowest BCUT2D eigenvalue weighted by Gasteiger charge is -2.45. The lowest BCUT2D eigenvalue weighted by atomic mass is 9.75. The number of ether oxygens (including phenoxy) is 1. The molecule has 2 unspecified atom stereocenters. The molecule has 1 aliphatic heterocycles. The minimum absolute atomic E-state index is 0.0744. The monoisotopic (exact) mass is 501 g/mol. The first-order valence-corrected chi connectivity index (χ1v) is 12.4. The standard InChI is InChI=1S/C30H32FN3O3/c1-20-16-22(6-11-26(20)23-12-14-33(5)27(35)17-23)21(2)34-15-13-30(37-28(34)36,18-29(3,4)19-32)24-7-9-25(31)10-8-24/h6-12,14,16-17,21H,13,15,18H2,1-5H3. The lowest BCUT2D eigenvalue weighted by Crippen LogP contribution is -2.50. The van der Waals surface area contributed by atoms with Gasteiger partial charge in [0.1, 0.15) is 11.4 Å². The fraction of sp³-hybridized carbons (Fsp3) is 0.367. The summed E-state index contributed by atoms with van der Waals surface area (Å²) in [6.07, 6.45) is 2.06. The van der Waals surface area contributed by atoms with Crippen molar-refractivity contribution in [2.75, 3.05) is 6.54 Å². The second-order valence-electron chi connectivity index (χ2n) is 10.6. The summed E-state index contributed by atoms with van der Waals surface area (Å²) in [4.78, 5) is 27.2. The number of nitrogens with zero attached hydrogens (tertiary/aromatic N) is 3. The number of hydrogen-bond acceptors (Lipinski definition) is 4. The molecular weight excluding hydrogens is 469 g/mol. The van der Waals surface area contributed by atoms with Crippen molar-refractivity contribution in [3.63, 3.8) is 0 Å². The Balaban J connectivity index is 1.59. The number of carbonyl (C=O) groups excluding carboxylic acids is 1. The van der Waals surface area contributed by atoms with E-state index in [2.05, 4.69) is 6.07 Å². The Hall–Kier alpha value is -3.92. The molecule has 0 saturated carbocycles. The molecule has 1 aromatic heterocycles. The zero-order valence-corrected chi connectivity index (χ0v) is 21.9. The highest BCUT2D eigenvalue weighted by molar-refractivity contribution is 5.71. The van der Waals surface area contributed by atoms with Gasteiger partial charge in [0, 0.05) is 38.7 Å². The number of nitriles is 1. The third-order valence-electron chi connectivity index (χ3n) is 7.29. The molecule has 0 radical (unpaired) electrons.